The van der Waals surface area contributed by atoms with E-state index in [0.717, 1.165) is 32.4 Å². The van der Waals surface area contributed by atoms with Gasteiger partial charge in [0.2, 0.25) is 5.91 Å². The van der Waals surface area contributed by atoms with Crippen LogP contribution in [0.2, 0.25) is 0 Å². The smallest absolute Gasteiger partial charge is 0.234 e. The van der Waals surface area contributed by atoms with Gasteiger partial charge in [0.05, 0.1) is 5.41 Å². The standard InChI is InChI=1S/C16H24N2OS/c17-11-13-6-9-18(12-13)15(19)16(7-2-1-3-8-16)14-5-4-10-20-14/h4-5,10,13H,1-3,6-9,11-12,17H2. The first kappa shape index (κ1) is 14.1. The first-order valence-electron chi connectivity index (χ1n) is 7.80. The molecular formula is C16H24N2OS. The molecule has 1 atom stereocenters. The summed E-state index contributed by atoms with van der Waals surface area (Å²) in [4.78, 5) is 16.5. The minimum absolute atomic E-state index is 0.226. The summed E-state index contributed by atoms with van der Waals surface area (Å²) in [6.45, 7) is 2.46. The summed E-state index contributed by atoms with van der Waals surface area (Å²) in [6, 6.07) is 4.24. The summed E-state index contributed by atoms with van der Waals surface area (Å²) in [5, 5.41) is 2.10. The number of likely N-dealkylation sites (tertiary alicyclic amines) is 1. The van der Waals surface area contributed by atoms with Crippen molar-refractivity contribution in [3.63, 3.8) is 0 Å². The van der Waals surface area contributed by atoms with Gasteiger partial charge in [-0.2, -0.15) is 0 Å². The van der Waals surface area contributed by atoms with Crippen molar-refractivity contribution in [3.05, 3.63) is 22.4 Å². The highest BCUT2D eigenvalue weighted by Gasteiger charge is 2.45. The third-order valence-corrected chi connectivity index (χ3v) is 6.09. The van der Waals surface area contributed by atoms with Crippen LogP contribution < -0.4 is 5.73 Å². The number of carbonyl (C=O) groups excluding carboxylic acids is 1. The molecule has 2 heterocycles. The maximum absolute atomic E-state index is 13.2. The Morgan fingerprint density at radius 3 is 2.80 bits per heavy atom. The maximum Gasteiger partial charge on any atom is 0.234 e. The molecule has 2 aliphatic rings. The molecule has 1 aliphatic heterocycles. The molecule has 0 spiro atoms. The molecule has 0 radical (unpaired) electrons. The summed E-state index contributed by atoms with van der Waals surface area (Å²) in [5.74, 6) is 0.874. The second-order valence-corrected chi connectivity index (χ2v) is 7.21. The average Bonchev–Trinajstić information content (AvgIpc) is 3.18. The fourth-order valence-electron chi connectivity index (χ4n) is 3.78. The molecule has 1 saturated carbocycles. The first-order valence-corrected chi connectivity index (χ1v) is 8.68. The number of carbonyl (C=O) groups is 1. The summed E-state index contributed by atoms with van der Waals surface area (Å²) in [5.41, 5.74) is 5.54. The molecule has 1 saturated heterocycles. The van der Waals surface area contributed by atoms with Crippen molar-refractivity contribution in [1.29, 1.82) is 0 Å². The molecule has 0 aromatic carbocycles. The summed E-state index contributed by atoms with van der Waals surface area (Å²) >= 11 is 1.75. The highest BCUT2D eigenvalue weighted by molar-refractivity contribution is 7.10. The van der Waals surface area contributed by atoms with Gasteiger partial charge in [-0.3, -0.25) is 4.79 Å². The molecule has 1 aromatic rings. The number of rotatable bonds is 3. The molecule has 0 bridgehead atoms. The van der Waals surface area contributed by atoms with Crippen LogP contribution in [0.15, 0.2) is 17.5 Å². The van der Waals surface area contributed by atoms with Crippen LogP contribution in [-0.4, -0.2) is 30.4 Å². The summed E-state index contributed by atoms with van der Waals surface area (Å²) in [6.07, 6.45) is 6.75. The Hall–Kier alpha value is -0.870. The van der Waals surface area contributed by atoms with E-state index in [0.29, 0.717) is 18.4 Å². The van der Waals surface area contributed by atoms with Gasteiger partial charge in [-0.25, -0.2) is 0 Å². The molecule has 3 nitrogen and oxygen atoms in total. The molecule has 2 fully saturated rings. The van der Waals surface area contributed by atoms with Crippen molar-refractivity contribution >= 4 is 17.2 Å². The van der Waals surface area contributed by atoms with Gasteiger partial charge in [0.1, 0.15) is 0 Å². The van der Waals surface area contributed by atoms with Crippen molar-refractivity contribution in [3.8, 4) is 0 Å². The molecular weight excluding hydrogens is 268 g/mol. The monoisotopic (exact) mass is 292 g/mol. The predicted octanol–water partition coefficient (Wildman–Crippen LogP) is 2.76. The largest absolute Gasteiger partial charge is 0.342 e. The van der Waals surface area contributed by atoms with Crippen LogP contribution in [0.4, 0.5) is 0 Å². The second kappa shape index (κ2) is 5.86. The predicted molar refractivity (Wildman–Crippen MR) is 82.8 cm³/mol. The summed E-state index contributed by atoms with van der Waals surface area (Å²) < 4.78 is 0. The fraction of sp³-hybridized carbons (Fsp3) is 0.688. The van der Waals surface area contributed by atoms with E-state index in [4.69, 9.17) is 5.73 Å². The zero-order chi connectivity index (χ0) is 14.0. The van der Waals surface area contributed by atoms with E-state index >= 15 is 0 Å². The van der Waals surface area contributed by atoms with Gasteiger partial charge in [-0.1, -0.05) is 25.3 Å². The summed E-state index contributed by atoms with van der Waals surface area (Å²) in [7, 11) is 0. The van der Waals surface area contributed by atoms with E-state index in [2.05, 4.69) is 22.4 Å². The van der Waals surface area contributed by atoms with Crippen LogP contribution in [0.1, 0.15) is 43.4 Å². The van der Waals surface area contributed by atoms with Crippen LogP contribution in [0.25, 0.3) is 0 Å². The van der Waals surface area contributed by atoms with E-state index in [1.54, 1.807) is 11.3 Å². The number of nitrogens with zero attached hydrogens (tertiary/aromatic N) is 1. The van der Waals surface area contributed by atoms with Crippen LogP contribution >= 0.6 is 11.3 Å². The van der Waals surface area contributed by atoms with E-state index in [1.165, 1.54) is 24.1 Å². The third kappa shape index (κ3) is 2.40. The Bertz CT molecular complexity index is 451. The van der Waals surface area contributed by atoms with Crippen LogP contribution in [0.5, 0.6) is 0 Å². The molecule has 1 aromatic heterocycles. The zero-order valence-corrected chi connectivity index (χ0v) is 12.8. The van der Waals surface area contributed by atoms with Gasteiger partial charge < -0.3 is 10.6 Å². The average molecular weight is 292 g/mol. The van der Waals surface area contributed by atoms with Gasteiger partial charge in [-0.05, 0) is 43.2 Å². The van der Waals surface area contributed by atoms with E-state index in [-0.39, 0.29) is 5.41 Å². The molecule has 4 heteroatoms. The Balaban J connectivity index is 1.84. The number of hydrogen-bond donors (Lipinski definition) is 1. The maximum atomic E-state index is 13.2. The van der Waals surface area contributed by atoms with Crippen molar-refractivity contribution in [2.24, 2.45) is 11.7 Å². The number of thiophene rings is 1. The lowest BCUT2D eigenvalue weighted by Gasteiger charge is -2.38. The molecule has 3 rings (SSSR count). The van der Waals surface area contributed by atoms with Crippen LogP contribution in [0.3, 0.4) is 0 Å². The molecule has 20 heavy (non-hydrogen) atoms. The van der Waals surface area contributed by atoms with Gasteiger partial charge >= 0.3 is 0 Å². The van der Waals surface area contributed by atoms with Gasteiger partial charge in [0.25, 0.3) is 0 Å². The highest BCUT2D eigenvalue weighted by atomic mass is 32.1. The molecule has 1 unspecified atom stereocenters. The van der Waals surface area contributed by atoms with Gasteiger partial charge in [-0.15, -0.1) is 11.3 Å². The Labute approximate surface area is 125 Å². The second-order valence-electron chi connectivity index (χ2n) is 6.26. The van der Waals surface area contributed by atoms with Crippen molar-refractivity contribution in [2.75, 3.05) is 19.6 Å². The Morgan fingerprint density at radius 1 is 1.40 bits per heavy atom. The normalized spacial score (nSPS) is 25.9. The van der Waals surface area contributed by atoms with E-state index < -0.39 is 0 Å². The molecule has 1 amide bonds. The lowest BCUT2D eigenvalue weighted by atomic mass is 9.72. The van der Waals surface area contributed by atoms with Crippen LogP contribution in [-0.2, 0) is 10.2 Å². The van der Waals surface area contributed by atoms with Crippen molar-refractivity contribution in [2.45, 2.75) is 43.9 Å². The van der Waals surface area contributed by atoms with Crippen molar-refractivity contribution < 1.29 is 4.79 Å². The SMILES string of the molecule is NCC1CCN(C(=O)C2(c3cccs3)CCCCC2)C1. The first-order chi connectivity index (χ1) is 9.76. The lowest BCUT2D eigenvalue weighted by molar-refractivity contribution is -0.137. The van der Waals surface area contributed by atoms with Crippen molar-refractivity contribution in [1.82, 2.24) is 4.90 Å². The number of amides is 1. The minimum atomic E-state index is -0.226. The topological polar surface area (TPSA) is 46.3 Å². The Kier molecular flexibility index (Phi) is 4.13. The van der Waals surface area contributed by atoms with E-state index in [9.17, 15) is 4.79 Å². The zero-order valence-electron chi connectivity index (χ0n) is 12.0. The molecule has 110 valence electrons. The van der Waals surface area contributed by atoms with Gasteiger partial charge in [0.15, 0.2) is 0 Å². The third-order valence-electron chi connectivity index (χ3n) is 5.02. The van der Waals surface area contributed by atoms with Gasteiger partial charge in [0, 0.05) is 18.0 Å². The number of nitrogens with two attached hydrogens (primary N) is 1. The minimum Gasteiger partial charge on any atom is -0.342 e. The fourth-order valence-corrected chi connectivity index (χ4v) is 4.76. The lowest BCUT2D eigenvalue weighted by Crippen LogP contribution is -2.47. The van der Waals surface area contributed by atoms with Crippen LogP contribution in [0, 0.1) is 5.92 Å². The number of hydrogen-bond acceptors (Lipinski definition) is 3. The van der Waals surface area contributed by atoms with E-state index in [1.807, 2.05) is 0 Å². The Morgan fingerprint density at radius 2 is 2.20 bits per heavy atom. The quantitative estimate of drug-likeness (QED) is 0.931. The molecule has 2 N–H and O–H groups in total. The highest BCUT2D eigenvalue weighted by Crippen LogP contribution is 2.43. The molecule has 1 aliphatic carbocycles.